The van der Waals surface area contributed by atoms with Crippen LogP contribution in [0.5, 0.6) is 0 Å². The molecule has 33 heavy (non-hydrogen) atoms. The van der Waals surface area contributed by atoms with E-state index in [1.165, 1.54) is 38.5 Å². The van der Waals surface area contributed by atoms with Gasteiger partial charge in [0.2, 0.25) is 0 Å². The molecule has 1 saturated carbocycles. The molecule has 1 aliphatic carbocycles. The highest BCUT2D eigenvalue weighted by Crippen LogP contribution is 2.35. The van der Waals surface area contributed by atoms with Crippen LogP contribution < -0.4 is 5.73 Å². The van der Waals surface area contributed by atoms with E-state index in [1.807, 2.05) is 34.8 Å². The summed E-state index contributed by atoms with van der Waals surface area (Å²) in [6.45, 7) is 12.6. The van der Waals surface area contributed by atoms with Crippen LogP contribution in [0.2, 0.25) is 0 Å². The number of anilines is 1. The van der Waals surface area contributed by atoms with E-state index in [0.717, 1.165) is 18.0 Å². The number of alkyl halides is 3. The standard InChI is InChI=1S/C12H13F3N4.C10H19NO.C2H6/c1-7(2)19-4-3-10(18-19)8-5-9(12(13,14)15)11(16)17-6-8;1-8-3-4-9(5-8)11-6-10(7-11)12-2;1-2/h3-7H,1-2H3,(H2,16,17);8-10H,3-7H2,1-2H3;1-2H3. The van der Waals surface area contributed by atoms with E-state index in [0.29, 0.717) is 17.4 Å². The summed E-state index contributed by atoms with van der Waals surface area (Å²) in [5.41, 5.74) is 5.04. The summed E-state index contributed by atoms with van der Waals surface area (Å²) in [6, 6.07) is 3.63. The third kappa shape index (κ3) is 7.17. The van der Waals surface area contributed by atoms with Crippen molar-refractivity contribution < 1.29 is 17.9 Å². The molecule has 3 heterocycles. The number of likely N-dealkylation sites (tertiary alicyclic amines) is 1. The predicted octanol–water partition coefficient (Wildman–Crippen LogP) is 5.66. The lowest BCUT2D eigenvalue weighted by atomic mass is 10.1. The van der Waals surface area contributed by atoms with Crippen molar-refractivity contribution in [3.8, 4) is 11.3 Å². The van der Waals surface area contributed by atoms with Crippen LogP contribution in [-0.4, -0.2) is 52.0 Å². The molecule has 9 heteroatoms. The Morgan fingerprint density at radius 3 is 2.33 bits per heavy atom. The summed E-state index contributed by atoms with van der Waals surface area (Å²) >= 11 is 0. The first-order chi connectivity index (χ1) is 15.6. The highest BCUT2D eigenvalue weighted by atomic mass is 19.4. The summed E-state index contributed by atoms with van der Waals surface area (Å²) in [5, 5.41) is 4.20. The molecule has 2 atom stereocenters. The highest BCUT2D eigenvalue weighted by molar-refractivity contribution is 5.61. The Hall–Kier alpha value is -2.13. The molecule has 2 N–H and O–H groups in total. The van der Waals surface area contributed by atoms with Crippen LogP contribution >= 0.6 is 0 Å². The minimum Gasteiger partial charge on any atom is -0.383 e. The zero-order valence-electron chi connectivity index (χ0n) is 20.6. The minimum atomic E-state index is -4.52. The number of nitrogen functional groups attached to an aromatic ring is 1. The third-order valence-electron chi connectivity index (χ3n) is 6.05. The Bertz CT molecular complexity index is 862. The second-order valence-corrected chi connectivity index (χ2v) is 8.81. The van der Waals surface area contributed by atoms with Crippen molar-refractivity contribution in [3.05, 3.63) is 30.1 Å². The second kappa shape index (κ2) is 11.8. The number of hydrogen-bond donors (Lipinski definition) is 1. The lowest BCUT2D eigenvalue weighted by molar-refractivity contribution is -0.137. The lowest BCUT2D eigenvalue weighted by Gasteiger charge is -2.42. The molecule has 1 saturated heterocycles. The zero-order chi connectivity index (χ0) is 24.8. The maximum atomic E-state index is 12.7. The van der Waals surface area contributed by atoms with Gasteiger partial charge in [0.05, 0.1) is 17.4 Å². The maximum absolute atomic E-state index is 12.7. The van der Waals surface area contributed by atoms with Crippen molar-refractivity contribution in [2.24, 2.45) is 5.92 Å². The Morgan fingerprint density at radius 2 is 1.85 bits per heavy atom. The normalized spacial score (nSPS) is 21.2. The molecule has 2 aromatic heterocycles. The number of nitrogens with two attached hydrogens (primary N) is 1. The molecular formula is C24H38F3N5O. The number of halogens is 3. The van der Waals surface area contributed by atoms with Gasteiger partial charge in [0.15, 0.2) is 0 Å². The molecule has 1 aliphatic heterocycles. The van der Waals surface area contributed by atoms with Crippen molar-refractivity contribution in [2.75, 3.05) is 25.9 Å². The molecular weight excluding hydrogens is 431 g/mol. The molecule has 2 fully saturated rings. The molecule has 0 radical (unpaired) electrons. The molecule has 186 valence electrons. The van der Waals surface area contributed by atoms with E-state index in [-0.39, 0.29) is 6.04 Å². The molecule has 0 aromatic carbocycles. The van der Waals surface area contributed by atoms with Crippen molar-refractivity contribution in [1.82, 2.24) is 19.7 Å². The van der Waals surface area contributed by atoms with Crippen LogP contribution in [0.25, 0.3) is 11.3 Å². The van der Waals surface area contributed by atoms with E-state index < -0.39 is 17.6 Å². The molecule has 0 amide bonds. The summed E-state index contributed by atoms with van der Waals surface area (Å²) in [7, 11) is 1.82. The maximum Gasteiger partial charge on any atom is 0.419 e. The molecule has 2 unspecified atom stereocenters. The Morgan fingerprint density at radius 1 is 1.18 bits per heavy atom. The van der Waals surface area contributed by atoms with Crippen LogP contribution in [-0.2, 0) is 10.9 Å². The number of aromatic nitrogens is 3. The number of methoxy groups -OCH3 is 1. The van der Waals surface area contributed by atoms with Crippen molar-refractivity contribution >= 4 is 5.82 Å². The van der Waals surface area contributed by atoms with Crippen molar-refractivity contribution in [3.63, 3.8) is 0 Å². The summed E-state index contributed by atoms with van der Waals surface area (Å²) in [6.07, 6.45) is 3.27. The lowest BCUT2D eigenvalue weighted by Crippen LogP contribution is -2.55. The van der Waals surface area contributed by atoms with Gasteiger partial charge in [0, 0.05) is 50.2 Å². The predicted molar refractivity (Wildman–Crippen MR) is 126 cm³/mol. The van der Waals surface area contributed by atoms with Gasteiger partial charge in [0.25, 0.3) is 0 Å². The zero-order valence-corrected chi connectivity index (χ0v) is 20.6. The van der Waals surface area contributed by atoms with Crippen LogP contribution in [0.4, 0.5) is 19.0 Å². The van der Waals surface area contributed by atoms with Gasteiger partial charge < -0.3 is 10.5 Å². The van der Waals surface area contributed by atoms with Gasteiger partial charge in [-0.15, -0.1) is 0 Å². The summed E-state index contributed by atoms with van der Waals surface area (Å²) < 4.78 is 45.1. The summed E-state index contributed by atoms with van der Waals surface area (Å²) in [5.74, 6) is 0.427. The largest absolute Gasteiger partial charge is 0.419 e. The van der Waals surface area contributed by atoms with Gasteiger partial charge in [-0.05, 0) is 51.2 Å². The number of hydrogen-bond acceptors (Lipinski definition) is 5. The quantitative estimate of drug-likeness (QED) is 0.626. The van der Waals surface area contributed by atoms with Gasteiger partial charge in [-0.2, -0.15) is 18.3 Å². The first-order valence-corrected chi connectivity index (χ1v) is 11.7. The molecule has 2 aliphatic rings. The molecule has 0 bridgehead atoms. The fourth-order valence-electron chi connectivity index (χ4n) is 4.05. The summed E-state index contributed by atoms with van der Waals surface area (Å²) in [4.78, 5) is 6.17. The SMILES string of the molecule is CC.CC(C)n1ccc(-c2cnc(N)c(C(F)(F)F)c2)n1.COC1CN(C2CCC(C)C2)C1. The monoisotopic (exact) mass is 469 g/mol. The van der Waals surface area contributed by atoms with Crippen LogP contribution in [0.1, 0.15) is 65.5 Å². The average Bonchev–Trinajstić information content (AvgIpc) is 3.39. The van der Waals surface area contributed by atoms with E-state index in [4.69, 9.17) is 10.5 Å². The Labute approximate surface area is 195 Å². The van der Waals surface area contributed by atoms with E-state index in [9.17, 15) is 13.2 Å². The smallest absolute Gasteiger partial charge is 0.383 e. The highest BCUT2D eigenvalue weighted by Gasteiger charge is 2.35. The minimum absolute atomic E-state index is 0.137. The first kappa shape index (κ1) is 27.1. The number of ether oxygens (including phenoxy) is 1. The molecule has 4 rings (SSSR count). The Balaban J connectivity index is 0.000000236. The van der Waals surface area contributed by atoms with Gasteiger partial charge in [-0.1, -0.05) is 20.8 Å². The molecule has 6 nitrogen and oxygen atoms in total. The Kier molecular flexibility index (Phi) is 9.72. The molecule has 2 aromatic rings. The fraction of sp³-hybridized carbons (Fsp3) is 0.667. The van der Waals surface area contributed by atoms with E-state index in [1.54, 1.807) is 16.9 Å². The fourth-order valence-corrected chi connectivity index (χ4v) is 4.05. The average molecular weight is 470 g/mol. The van der Waals surface area contributed by atoms with Gasteiger partial charge >= 0.3 is 6.18 Å². The number of pyridine rings is 1. The first-order valence-electron chi connectivity index (χ1n) is 11.7. The second-order valence-electron chi connectivity index (χ2n) is 8.81. The van der Waals surface area contributed by atoms with Gasteiger partial charge in [-0.25, -0.2) is 4.98 Å². The topological polar surface area (TPSA) is 69.2 Å². The van der Waals surface area contributed by atoms with E-state index >= 15 is 0 Å². The van der Waals surface area contributed by atoms with Crippen molar-refractivity contribution in [2.45, 2.75) is 78.2 Å². The number of rotatable bonds is 4. The van der Waals surface area contributed by atoms with Gasteiger partial charge in [0.1, 0.15) is 5.82 Å². The van der Waals surface area contributed by atoms with E-state index in [2.05, 4.69) is 21.9 Å². The van der Waals surface area contributed by atoms with Gasteiger partial charge in [-0.3, -0.25) is 9.58 Å². The van der Waals surface area contributed by atoms with Crippen LogP contribution in [0, 0.1) is 5.92 Å². The van der Waals surface area contributed by atoms with Crippen molar-refractivity contribution in [1.29, 1.82) is 0 Å². The van der Waals surface area contributed by atoms with Crippen LogP contribution in [0.15, 0.2) is 24.5 Å². The third-order valence-corrected chi connectivity index (χ3v) is 6.05. The number of nitrogens with zero attached hydrogens (tertiary/aromatic N) is 4. The van der Waals surface area contributed by atoms with Crippen LogP contribution in [0.3, 0.4) is 0 Å². The molecule has 0 spiro atoms.